The molecule has 4 heterocycles. The molecule has 6 nitrogen and oxygen atoms in total. The molecule has 0 amide bonds. The lowest BCUT2D eigenvalue weighted by molar-refractivity contribution is 0.180. The number of thiazole rings is 1. The second-order valence-electron chi connectivity index (χ2n) is 6.58. The van der Waals surface area contributed by atoms with Crippen molar-refractivity contribution < 1.29 is 4.52 Å². The molecule has 0 aromatic carbocycles. The van der Waals surface area contributed by atoms with E-state index in [0.717, 1.165) is 62.6 Å². The number of hydrogen-bond donors (Lipinski definition) is 0. The minimum atomic E-state index is 0.519. The Bertz CT molecular complexity index is 786. The molecule has 4 rings (SSSR count). The summed E-state index contributed by atoms with van der Waals surface area (Å²) in [6.45, 7) is 5.90. The van der Waals surface area contributed by atoms with E-state index in [-0.39, 0.29) is 0 Å². The third-order valence-electron chi connectivity index (χ3n) is 4.87. The number of aromatic nitrogens is 4. The molecule has 0 atom stereocenters. The first-order valence-corrected chi connectivity index (χ1v) is 9.81. The first-order chi connectivity index (χ1) is 12.3. The fraction of sp³-hybridized carbons (Fsp3) is 0.500. The van der Waals surface area contributed by atoms with Crippen LogP contribution in [0.15, 0.2) is 33.9 Å². The molecule has 25 heavy (non-hydrogen) atoms. The van der Waals surface area contributed by atoms with Crippen molar-refractivity contribution in [1.29, 1.82) is 0 Å². The molecule has 1 aliphatic rings. The lowest BCUT2D eigenvalue weighted by Gasteiger charge is -2.31. The molecule has 0 bridgehead atoms. The maximum Gasteiger partial charge on any atom is 0.150 e. The first kappa shape index (κ1) is 16.5. The van der Waals surface area contributed by atoms with Crippen LogP contribution in [0.3, 0.4) is 0 Å². The van der Waals surface area contributed by atoms with E-state index in [1.807, 2.05) is 11.7 Å². The van der Waals surface area contributed by atoms with E-state index in [1.165, 1.54) is 5.82 Å². The van der Waals surface area contributed by atoms with Crippen molar-refractivity contribution in [2.75, 3.05) is 13.1 Å². The Kier molecular flexibility index (Phi) is 4.94. The van der Waals surface area contributed by atoms with Crippen molar-refractivity contribution in [3.8, 4) is 0 Å². The Labute approximate surface area is 151 Å². The number of imidazole rings is 1. The highest BCUT2D eigenvalue weighted by Gasteiger charge is 2.24. The maximum absolute atomic E-state index is 5.42. The predicted molar refractivity (Wildman–Crippen MR) is 96.6 cm³/mol. The van der Waals surface area contributed by atoms with Crippen LogP contribution >= 0.6 is 11.3 Å². The molecular weight excluding hydrogens is 334 g/mol. The van der Waals surface area contributed by atoms with E-state index in [1.54, 1.807) is 11.3 Å². The molecule has 0 N–H and O–H groups in total. The number of aryl methyl sites for hydroxylation is 1. The van der Waals surface area contributed by atoms with Crippen molar-refractivity contribution in [2.24, 2.45) is 0 Å². The van der Waals surface area contributed by atoms with Crippen molar-refractivity contribution in [2.45, 2.75) is 45.2 Å². The molecule has 3 aromatic rings. The van der Waals surface area contributed by atoms with Crippen LogP contribution < -0.4 is 0 Å². The average Bonchev–Trinajstić information content (AvgIpc) is 3.38. The number of hydrogen-bond acceptors (Lipinski definition) is 6. The highest BCUT2D eigenvalue weighted by Crippen LogP contribution is 2.28. The van der Waals surface area contributed by atoms with Crippen LogP contribution in [0.1, 0.15) is 48.7 Å². The second kappa shape index (κ2) is 7.49. The summed E-state index contributed by atoms with van der Waals surface area (Å²) >= 11 is 1.64. The Morgan fingerprint density at radius 1 is 1.20 bits per heavy atom. The van der Waals surface area contributed by atoms with Gasteiger partial charge in [0, 0.05) is 29.8 Å². The highest BCUT2D eigenvalue weighted by atomic mass is 32.1. The maximum atomic E-state index is 5.42. The summed E-state index contributed by atoms with van der Waals surface area (Å²) in [6, 6.07) is 2.08. The molecule has 0 saturated carbocycles. The monoisotopic (exact) mass is 357 g/mol. The smallest absolute Gasteiger partial charge is 0.150 e. The molecule has 7 heteroatoms. The van der Waals surface area contributed by atoms with Gasteiger partial charge in [-0.1, -0.05) is 12.1 Å². The molecule has 0 radical (unpaired) electrons. The van der Waals surface area contributed by atoms with Crippen molar-refractivity contribution >= 4 is 11.3 Å². The van der Waals surface area contributed by atoms with Gasteiger partial charge in [-0.3, -0.25) is 4.90 Å². The van der Waals surface area contributed by atoms with Crippen LogP contribution in [0.4, 0.5) is 0 Å². The van der Waals surface area contributed by atoms with Gasteiger partial charge in [-0.25, -0.2) is 9.97 Å². The largest absolute Gasteiger partial charge is 0.360 e. The Morgan fingerprint density at radius 3 is 2.80 bits per heavy atom. The van der Waals surface area contributed by atoms with Crippen molar-refractivity contribution in [3.63, 3.8) is 0 Å². The quantitative estimate of drug-likeness (QED) is 0.677. The van der Waals surface area contributed by atoms with E-state index < -0.39 is 0 Å². The average molecular weight is 357 g/mol. The van der Waals surface area contributed by atoms with Gasteiger partial charge >= 0.3 is 0 Å². The van der Waals surface area contributed by atoms with Gasteiger partial charge in [-0.2, -0.15) is 0 Å². The fourth-order valence-electron chi connectivity index (χ4n) is 3.47. The second-order valence-corrected chi connectivity index (χ2v) is 7.30. The Hall–Kier alpha value is -1.99. The van der Waals surface area contributed by atoms with Gasteiger partial charge in [0.05, 0.1) is 30.0 Å². The van der Waals surface area contributed by atoms with Crippen molar-refractivity contribution in [3.05, 3.63) is 52.3 Å². The van der Waals surface area contributed by atoms with Gasteiger partial charge in [0.1, 0.15) is 5.82 Å². The number of piperidine rings is 1. The summed E-state index contributed by atoms with van der Waals surface area (Å²) in [5.74, 6) is 2.69. The van der Waals surface area contributed by atoms with Crippen LogP contribution in [0, 0.1) is 0 Å². The number of likely N-dealkylation sites (tertiary alicyclic amines) is 1. The third-order valence-corrected chi connectivity index (χ3v) is 5.50. The number of rotatable bonds is 6. The summed E-state index contributed by atoms with van der Waals surface area (Å²) < 4.78 is 7.67. The van der Waals surface area contributed by atoms with Crippen LogP contribution in [-0.2, 0) is 19.5 Å². The third kappa shape index (κ3) is 3.82. The Morgan fingerprint density at radius 2 is 2.08 bits per heavy atom. The van der Waals surface area contributed by atoms with Crippen LogP contribution in [0.2, 0.25) is 0 Å². The summed E-state index contributed by atoms with van der Waals surface area (Å²) in [6.07, 6.45) is 7.16. The SMILES string of the molecule is CCc1cc(CN2CCC(c3nccn3Cc3cscn3)CC2)on1. The molecule has 1 saturated heterocycles. The predicted octanol–water partition coefficient (Wildman–Crippen LogP) is 3.32. The lowest BCUT2D eigenvalue weighted by atomic mass is 9.95. The van der Waals surface area contributed by atoms with Crippen LogP contribution in [-0.4, -0.2) is 37.7 Å². The zero-order chi connectivity index (χ0) is 17.1. The molecule has 1 aliphatic heterocycles. The van der Waals surface area contributed by atoms with Crippen LogP contribution in [0.5, 0.6) is 0 Å². The molecule has 3 aromatic heterocycles. The van der Waals surface area contributed by atoms with E-state index in [2.05, 4.69) is 49.2 Å². The highest BCUT2D eigenvalue weighted by molar-refractivity contribution is 7.07. The molecular formula is C18H23N5OS. The van der Waals surface area contributed by atoms with Gasteiger partial charge in [-0.15, -0.1) is 11.3 Å². The van der Waals surface area contributed by atoms with Gasteiger partial charge in [0.15, 0.2) is 5.76 Å². The molecule has 0 unspecified atom stereocenters. The molecule has 0 spiro atoms. The first-order valence-electron chi connectivity index (χ1n) is 8.86. The van der Waals surface area contributed by atoms with Gasteiger partial charge in [0.25, 0.3) is 0 Å². The van der Waals surface area contributed by atoms with E-state index in [4.69, 9.17) is 4.52 Å². The summed E-state index contributed by atoms with van der Waals surface area (Å²) in [7, 11) is 0. The standard InChI is InChI=1S/C18H23N5OS/c1-2-15-9-17(24-21-15)11-22-6-3-14(4-7-22)18-19-5-8-23(18)10-16-12-25-13-20-16/h5,8-9,12-14H,2-4,6-7,10-11H2,1H3. The van der Waals surface area contributed by atoms with E-state index in [9.17, 15) is 0 Å². The number of nitrogens with zero attached hydrogens (tertiary/aromatic N) is 5. The van der Waals surface area contributed by atoms with Crippen molar-refractivity contribution in [1.82, 2.24) is 24.6 Å². The fourth-order valence-corrected chi connectivity index (χ4v) is 4.02. The summed E-state index contributed by atoms with van der Waals surface area (Å²) in [4.78, 5) is 11.5. The lowest BCUT2D eigenvalue weighted by Crippen LogP contribution is -2.33. The zero-order valence-electron chi connectivity index (χ0n) is 14.5. The molecule has 0 aliphatic carbocycles. The zero-order valence-corrected chi connectivity index (χ0v) is 15.3. The van der Waals surface area contributed by atoms with E-state index >= 15 is 0 Å². The Balaban J connectivity index is 1.35. The van der Waals surface area contributed by atoms with Gasteiger partial charge in [0.2, 0.25) is 0 Å². The topological polar surface area (TPSA) is 60.0 Å². The van der Waals surface area contributed by atoms with Gasteiger partial charge < -0.3 is 9.09 Å². The van der Waals surface area contributed by atoms with Crippen LogP contribution in [0.25, 0.3) is 0 Å². The minimum absolute atomic E-state index is 0.519. The summed E-state index contributed by atoms with van der Waals surface area (Å²) in [5, 5.41) is 6.19. The minimum Gasteiger partial charge on any atom is -0.360 e. The van der Waals surface area contributed by atoms with E-state index in [0.29, 0.717) is 5.92 Å². The normalized spacial score (nSPS) is 16.5. The molecule has 132 valence electrons. The summed E-state index contributed by atoms with van der Waals surface area (Å²) in [5.41, 5.74) is 4.03. The molecule has 1 fully saturated rings. The van der Waals surface area contributed by atoms with Gasteiger partial charge in [-0.05, 0) is 32.4 Å².